The van der Waals surface area contributed by atoms with Gasteiger partial charge in [-0.25, -0.2) is 14.4 Å². The van der Waals surface area contributed by atoms with Gasteiger partial charge in [-0.05, 0) is 48.9 Å². The van der Waals surface area contributed by atoms with Gasteiger partial charge >= 0.3 is 6.18 Å². The third kappa shape index (κ3) is 4.41. The van der Waals surface area contributed by atoms with Gasteiger partial charge in [-0.15, -0.1) is 0 Å². The zero-order valence-corrected chi connectivity index (χ0v) is 20.2. The molecule has 0 saturated carbocycles. The molecule has 1 aliphatic heterocycles. The largest absolute Gasteiger partial charge is 0.494 e. The lowest BCUT2D eigenvalue weighted by Crippen LogP contribution is -2.52. The van der Waals surface area contributed by atoms with E-state index in [2.05, 4.69) is 19.9 Å². The molecule has 4 aromatic rings. The summed E-state index contributed by atoms with van der Waals surface area (Å²) in [4.78, 5) is 16.2. The smallest absolute Gasteiger partial charge is 0.416 e. The monoisotopic (exact) mass is 519 g/mol. The molecule has 3 heterocycles. The number of aromatic amines is 1. The molecule has 0 unspecified atom stereocenters. The van der Waals surface area contributed by atoms with Gasteiger partial charge in [-0.3, -0.25) is 0 Å². The maximum absolute atomic E-state index is 14.4. The number of methoxy groups -OCH3 is 1. The number of nitrogens with zero attached hydrogens (tertiary/aromatic N) is 4. The number of rotatable bonds is 4. The van der Waals surface area contributed by atoms with Gasteiger partial charge in [0.2, 0.25) is 5.95 Å². The quantitative estimate of drug-likeness (QED) is 0.327. The zero-order valence-electron chi connectivity index (χ0n) is 19.4. The number of imidazole rings is 1. The van der Waals surface area contributed by atoms with Crippen molar-refractivity contribution in [1.82, 2.24) is 15.0 Å². The second kappa shape index (κ2) is 9.16. The third-order valence-corrected chi connectivity index (χ3v) is 6.60. The topological polar surface area (TPSA) is 57.3 Å². The number of ether oxygens (including phenoxy) is 1. The Kier molecular flexibility index (Phi) is 6.15. The molecule has 11 heteroatoms. The number of halogens is 5. The highest BCUT2D eigenvalue weighted by atomic mass is 35.5. The lowest BCUT2D eigenvalue weighted by molar-refractivity contribution is -0.137. The molecule has 0 radical (unpaired) electrons. The third-order valence-electron chi connectivity index (χ3n) is 6.30. The summed E-state index contributed by atoms with van der Waals surface area (Å²) in [5, 5.41) is 0.554. The molecule has 188 valence electrons. The fourth-order valence-electron chi connectivity index (χ4n) is 4.53. The average molecular weight is 520 g/mol. The number of hydrogen-bond acceptors (Lipinski definition) is 5. The molecule has 1 saturated heterocycles. The summed E-state index contributed by atoms with van der Waals surface area (Å²) in [6.45, 7) is 3.74. The molecule has 1 aliphatic rings. The van der Waals surface area contributed by atoms with Crippen molar-refractivity contribution in [3.05, 3.63) is 65.1 Å². The van der Waals surface area contributed by atoms with Gasteiger partial charge in [0, 0.05) is 37.4 Å². The first-order valence-electron chi connectivity index (χ1n) is 11.2. The van der Waals surface area contributed by atoms with Crippen LogP contribution in [0.15, 0.2) is 48.7 Å². The van der Waals surface area contributed by atoms with Gasteiger partial charge in [-0.1, -0.05) is 17.7 Å². The minimum absolute atomic E-state index is 0.00407. The molecule has 0 aliphatic carbocycles. The number of aromatic nitrogens is 3. The summed E-state index contributed by atoms with van der Waals surface area (Å²) in [6, 6.07) is 9.59. The summed E-state index contributed by atoms with van der Waals surface area (Å²) in [5.74, 6) is 0.464. The van der Waals surface area contributed by atoms with E-state index in [1.54, 1.807) is 18.3 Å². The van der Waals surface area contributed by atoms with Crippen LogP contribution in [0.25, 0.3) is 22.2 Å². The molecule has 0 spiro atoms. The van der Waals surface area contributed by atoms with E-state index in [1.165, 1.54) is 19.2 Å². The molecule has 1 N–H and O–H groups in total. The number of benzene rings is 2. The van der Waals surface area contributed by atoms with Crippen molar-refractivity contribution >= 4 is 34.4 Å². The van der Waals surface area contributed by atoms with Crippen LogP contribution in [0.2, 0.25) is 5.02 Å². The molecule has 36 heavy (non-hydrogen) atoms. The maximum atomic E-state index is 14.4. The van der Waals surface area contributed by atoms with Crippen molar-refractivity contribution in [1.29, 1.82) is 0 Å². The van der Waals surface area contributed by atoms with E-state index in [9.17, 15) is 17.6 Å². The predicted octanol–water partition coefficient (Wildman–Crippen LogP) is 6.16. The lowest BCUT2D eigenvalue weighted by Gasteiger charge is -2.40. The minimum Gasteiger partial charge on any atom is -0.494 e. The highest BCUT2D eigenvalue weighted by Crippen LogP contribution is 2.38. The van der Waals surface area contributed by atoms with Gasteiger partial charge in [0.15, 0.2) is 11.6 Å². The van der Waals surface area contributed by atoms with Crippen LogP contribution in [0.4, 0.5) is 29.3 Å². The molecule has 6 nitrogen and oxygen atoms in total. The van der Waals surface area contributed by atoms with Crippen LogP contribution < -0.4 is 14.5 Å². The Morgan fingerprint density at radius 3 is 2.61 bits per heavy atom. The van der Waals surface area contributed by atoms with E-state index in [-0.39, 0.29) is 28.4 Å². The van der Waals surface area contributed by atoms with E-state index < -0.39 is 17.6 Å². The predicted molar refractivity (Wildman–Crippen MR) is 131 cm³/mol. The van der Waals surface area contributed by atoms with Crippen LogP contribution in [0.5, 0.6) is 5.75 Å². The Bertz CT molecular complexity index is 1420. The summed E-state index contributed by atoms with van der Waals surface area (Å²) < 4.78 is 60.5. The van der Waals surface area contributed by atoms with Crippen molar-refractivity contribution in [2.75, 3.05) is 36.5 Å². The average Bonchev–Trinajstić information content (AvgIpc) is 3.27. The van der Waals surface area contributed by atoms with E-state index >= 15 is 0 Å². The fourth-order valence-corrected chi connectivity index (χ4v) is 4.77. The normalized spacial score (nSPS) is 16.6. The molecular weight excluding hydrogens is 498 g/mol. The SMILES string of the molecule is COc1ccc(-c2cc(C(F)(F)F)cc3[nH]c(N4CCN(c5ncccc5Cl)C[C@H]4C)nc23)cc1F. The standard InChI is InChI=1S/C25H22ClF4N5O/c1-14-13-34(23-18(26)4-3-7-31-23)8-9-35(14)24-32-20-12-16(25(28,29)30)11-17(22(20)33-24)15-5-6-21(36-2)19(27)10-15/h3-7,10-12,14H,8-9,13H2,1-2H3,(H,32,33)/t14-/m1/s1. The summed E-state index contributed by atoms with van der Waals surface area (Å²) >= 11 is 6.31. The van der Waals surface area contributed by atoms with E-state index in [1.807, 2.05) is 11.8 Å². The highest BCUT2D eigenvalue weighted by molar-refractivity contribution is 6.32. The molecule has 2 aromatic carbocycles. The Balaban J connectivity index is 1.53. The van der Waals surface area contributed by atoms with E-state index in [4.69, 9.17) is 16.3 Å². The van der Waals surface area contributed by atoms with Crippen molar-refractivity contribution in [2.45, 2.75) is 19.1 Å². The Hall–Kier alpha value is -3.53. The second-order valence-electron chi connectivity index (χ2n) is 8.62. The summed E-state index contributed by atoms with van der Waals surface area (Å²) in [6.07, 6.45) is -2.90. The van der Waals surface area contributed by atoms with Gasteiger partial charge in [0.1, 0.15) is 5.82 Å². The van der Waals surface area contributed by atoms with Gasteiger partial charge in [0.05, 0.1) is 28.7 Å². The number of fused-ring (bicyclic) bond motifs is 1. The number of piperazine rings is 1. The van der Waals surface area contributed by atoms with Crippen LogP contribution in [-0.4, -0.2) is 47.7 Å². The Morgan fingerprint density at radius 1 is 1.14 bits per heavy atom. The summed E-state index contributed by atoms with van der Waals surface area (Å²) in [7, 11) is 1.32. The Morgan fingerprint density at radius 2 is 1.94 bits per heavy atom. The van der Waals surface area contributed by atoms with E-state index in [0.29, 0.717) is 41.9 Å². The van der Waals surface area contributed by atoms with Crippen LogP contribution in [0, 0.1) is 5.82 Å². The van der Waals surface area contributed by atoms with Crippen molar-refractivity contribution < 1.29 is 22.3 Å². The van der Waals surface area contributed by atoms with Gasteiger partial charge in [0.25, 0.3) is 0 Å². The molecule has 5 rings (SSSR count). The van der Waals surface area contributed by atoms with Gasteiger partial charge in [-0.2, -0.15) is 13.2 Å². The highest BCUT2D eigenvalue weighted by Gasteiger charge is 2.33. The number of anilines is 2. The van der Waals surface area contributed by atoms with Crippen molar-refractivity contribution in [2.24, 2.45) is 0 Å². The minimum atomic E-state index is -4.58. The van der Waals surface area contributed by atoms with Crippen LogP contribution in [-0.2, 0) is 6.18 Å². The van der Waals surface area contributed by atoms with Crippen molar-refractivity contribution in [3.63, 3.8) is 0 Å². The molecule has 1 fully saturated rings. The second-order valence-corrected chi connectivity index (χ2v) is 9.03. The molecule has 1 atom stereocenters. The first-order chi connectivity index (χ1) is 17.2. The number of pyridine rings is 1. The fraction of sp³-hybridized carbons (Fsp3) is 0.280. The molecule has 0 amide bonds. The molecule has 2 aromatic heterocycles. The molecule has 0 bridgehead atoms. The van der Waals surface area contributed by atoms with Crippen LogP contribution in [0.3, 0.4) is 0 Å². The zero-order chi connectivity index (χ0) is 25.6. The Labute approximate surface area is 209 Å². The van der Waals surface area contributed by atoms with E-state index in [0.717, 1.165) is 18.2 Å². The first-order valence-corrected chi connectivity index (χ1v) is 11.6. The van der Waals surface area contributed by atoms with Gasteiger partial charge < -0.3 is 19.5 Å². The molecular formula is C25H22ClF4N5O. The lowest BCUT2D eigenvalue weighted by atomic mass is 10.0. The van der Waals surface area contributed by atoms with Crippen LogP contribution in [0.1, 0.15) is 12.5 Å². The number of nitrogens with one attached hydrogen (secondary N) is 1. The number of hydrogen-bond donors (Lipinski definition) is 1. The maximum Gasteiger partial charge on any atom is 0.416 e. The van der Waals surface area contributed by atoms with Crippen LogP contribution >= 0.6 is 11.6 Å². The van der Waals surface area contributed by atoms with Crippen molar-refractivity contribution in [3.8, 4) is 16.9 Å². The first kappa shape index (κ1) is 24.2. The summed E-state index contributed by atoms with van der Waals surface area (Å²) in [5.41, 5.74) is 0.137. The number of H-pyrrole nitrogens is 1. The number of alkyl halides is 3.